The summed E-state index contributed by atoms with van der Waals surface area (Å²) in [5, 5.41) is 9.76. The third-order valence-corrected chi connectivity index (χ3v) is 11.4. The van der Waals surface area contributed by atoms with Crippen molar-refractivity contribution in [3.63, 3.8) is 0 Å². The zero-order valence-corrected chi connectivity index (χ0v) is 31.8. The molecule has 3 fully saturated rings. The number of ether oxygens (including phenoxy) is 1. The number of carbonyl (C=O) groups is 3. The second kappa shape index (κ2) is 15.0. The van der Waals surface area contributed by atoms with Gasteiger partial charge in [-0.05, 0) is 72.5 Å². The number of fused-ring (bicyclic) bond motifs is 2. The number of rotatable bonds is 8. The highest BCUT2D eigenvalue weighted by Gasteiger charge is 2.35. The minimum Gasteiger partial charge on any atom is -0.474 e. The second-order valence-corrected chi connectivity index (χ2v) is 15.0. The highest BCUT2D eigenvalue weighted by atomic mass is 19.1. The standard InChI is InChI=1S/C42H43FN10O4/c1-25-17-31(7-8-36(25)53-11-9-37(54)49-42(53)56)52-23-32(24-52)50-12-14-51(15-13-50)38(55)19-28-5-6-30(20-34(28)43)47-41-46-21-29-4-3-27(18-35(29)48-41)33-22-45-40-39(26(33)2)44-10-16-57-40/h3-8,17-18,20-22,32,44H,9-16,19,23-24H2,1-2H3,(H,46,47,48)(H,49,54,56). The second-order valence-electron chi connectivity index (χ2n) is 15.0. The predicted octanol–water partition coefficient (Wildman–Crippen LogP) is 5.02. The van der Waals surface area contributed by atoms with E-state index in [-0.39, 0.29) is 30.7 Å². The molecule has 9 rings (SSSR count). The van der Waals surface area contributed by atoms with Crippen LogP contribution in [0.4, 0.5) is 37.9 Å². The maximum atomic E-state index is 15.4. The summed E-state index contributed by atoms with van der Waals surface area (Å²) < 4.78 is 21.1. The fourth-order valence-corrected chi connectivity index (χ4v) is 8.10. The maximum absolute atomic E-state index is 15.4. The number of nitrogens with one attached hydrogen (secondary N) is 3. The Labute approximate surface area is 329 Å². The normalized spacial score (nSPS) is 17.4. The largest absolute Gasteiger partial charge is 0.474 e. The van der Waals surface area contributed by atoms with Crippen LogP contribution >= 0.6 is 0 Å². The van der Waals surface area contributed by atoms with Gasteiger partial charge in [0.1, 0.15) is 18.1 Å². The number of pyridine rings is 1. The van der Waals surface area contributed by atoms with Gasteiger partial charge >= 0.3 is 6.03 Å². The molecule has 292 valence electrons. The van der Waals surface area contributed by atoms with E-state index >= 15 is 4.39 Å². The molecule has 5 aromatic rings. The molecule has 0 unspecified atom stereocenters. The van der Waals surface area contributed by atoms with Crippen LogP contribution in [0.5, 0.6) is 5.88 Å². The summed E-state index contributed by atoms with van der Waals surface area (Å²) in [4.78, 5) is 59.0. The average molecular weight is 771 g/mol. The van der Waals surface area contributed by atoms with Gasteiger partial charge in [-0.15, -0.1) is 0 Å². The molecule has 3 saturated heterocycles. The number of imide groups is 1. The predicted molar refractivity (Wildman–Crippen MR) is 216 cm³/mol. The number of nitrogens with zero attached hydrogens (tertiary/aromatic N) is 7. The molecular weight excluding hydrogens is 728 g/mol. The molecule has 4 aliphatic rings. The summed E-state index contributed by atoms with van der Waals surface area (Å²) in [6, 6.07) is 16.8. The Morgan fingerprint density at radius 3 is 2.60 bits per heavy atom. The van der Waals surface area contributed by atoms with Crippen molar-refractivity contribution in [2.24, 2.45) is 0 Å². The van der Waals surface area contributed by atoms with E-state index in [1.807, 2.05) is 55.3 Å². The number of piperazine rings is 1. The van der Waals surface area contributed by atoms with Gasteiger partial charge < -0.3 is 25.2 Å². The molecule has 2 aromatic heterocycles. The van der Waals surface area contributed by atoms with Gasteiger partial charge in [0.2, 0.25) is 23.6 Å². The number of aryl methyl sites for hydroxylation is 1. The van der Waals surface area contributed by atoms with Crippen LogP contribution < -0.4 is 30.5 Å². The van der Waals surface area contributed by atoms with Crippen LogP contribution in [0.15, 0.2) is 67.0 Å². The lowest BCUT2D eigenvalue weighted by Gasteiger charge is -2.49. The van der Waals surface area contributed by atoms with Gasteiger partial charge in [-0.2, -0.15) is 0 Å². The van der Waals surface area contributed by atoms with Gasteiger partial charge in [0.25, 0.3) is 0 Å². The molecule has 0 radical (unpaired) electrons. The monoisotopic (exact) mass is 770 g/mol. The molecule has 0 atom stereocenters. The van der Waals surface area contributed by atoms with Gasteiger partial charge in [-0.1, -0.05) is 18.2 Å². The number of urea groups is 1. The molecule has 3 aromatic carbocycles. The fraction of sp³-hybridized carbons (Fsp3) is 0.333. The lowest BCUT2D eigenvalue weighted by atomic mass is 10.00. The van der Waals surface area contributed by atoms with Crippen LogP contribution in [0, 0.1) is 19.7 Å². The first kappa shape index (κ1) is 36.3. The molecular formula is C42H43FN10O4. The third kappa shape index (κ3) is 7.26. The highest BCUT2D eigenvalue weighted by molar-refractivity contribution is 6.06. The van der Waals surface area contributed by atoms with E-state index in [2.05, 4.69) is 41.8 Å². The summed E-state index contributed by atoms with van der Waals surface area (Å²) in [7, 11) is 0. The molecule has 0 aliphatic carbocycles. The van der Waals surface area contributed by atoms with Crippen molar-refractivity contribution >= 4 is 57.4 Å². The van der Waals surface area contributed by atoms with Crippen LogP contribution in [-0.2, 0) is 16.0 Å². The third-order valence-electron chi connectivity index (χ3n) is 11.4. The number of amides is 4. The van der Waals surface area contributed by atoms with Crippen molar-refractivity contribution in [2.45, 2.75) is 32.7 Å². The van der Waals surface area contributed by atoms with Crippen molar-refractivity contribution < 1.29 is 23.5 Å². The lowest BCUT2D eigenvalue weighted by molar-refractivity contribution is -0.132. The van der Waals surface area contributed by atoms with E-state index in [1.54, 1.807) is 23.2 Å². The van der Waals surface area contributed by atoms with Crippen molar-refractivity contribution in [2.75, 3.05) is 79.4 Å². The number of aromatic nitrogens is 3. The molecule has 6 heterocycles. The summed E-state index contributed by atoms with van der Waals surface area (Å²) in [5.74, 6) is 0.148. The minimum absolute atomic E-state index is 0.0120. The van der Waals surface area contributed by atoms with E-state index in [4.69, 9.17) is 9.72 Å². The molecule has 4 aliphatic heterocycles. The van der Waals surface area contributed by atoms with Gasteiger partial charge in [0.15, 0.2) is 0 Å². The highest BCUT2D eigenvalue weighted by Crippen LogP contribution is 2.36. The molecule has 0 spiro atoms. The van der Waals surface area contributed by atoms with Crippen molar-refractivity contribution in [1.29, 1.82) is 0 Å². The zero-order chi connectivity index (χ0) is 39.2. The Bertz CT molecular complexity index is 2410. The summed E-state index contributed by atoms with van der Waals surface area (Å²) >= 11 is 0. The van der Waals surface area contributed by atoms with Crippen LogP contribution in [0.25, 0.3) is 22.0 Å². The minimum atomic E-state index is -0.463. The summed E-state index contributed by atoms with van der Waals surface area (Å²) in [5.41, 5.74) is 8.34. The van der Waals surface area contributed by atoms with E-state index < -0.39 is 5.82 Å². The SMILES string of the molecule is Cc1cc(N2CC(N3CCN(C(=O)Cc4ccc(Nc5ncc6ccc(-c7cnc8c(c7C)NCCO8)cc6n5)cc4F)CC3)C2)ccc1N1CCC(=O)NC1=O. The van der Waals surface area contributed by atoms with Crippen LogP contribution in [-0.4, -0.2) is 108 Å². The average Bonchev–Trinajstić information content (AvgIpc) is 3.19. The Kier molecular flexibility index (Phi) is 9.52. The molecule has 3 N–H and O–H groups in total. The fourth-order valence-electron chi connectivity index (χ4n) is 8.10. The number of carbonyl (C=O) groups excluding carboxylic acids is 3. The zero-order valence-electron chi connectivity index (χ0n) is 31.8. The van der Waals surface area contributed by atoms with E-state index in [0.29, 0.717) is 55.4 Å². The van der Waals surface area contributed by atoms with Gasteiger partial charge in [0.05, 0.1) is 11.9 Å². The molecule has 0 saturated carbocycles. The Hall–Kier alpha value is -6.35. The first-order chi connectivity index (χ1) is 27.7. The van der Waals surface area contributed by atoms with Crippen LogP contribution in [0.2, 0.25) is 0 Å². The number of benzene rings is 3. The lowest BCUT2D eigenvalue weighted by Crippen LogP contribution is -2.63. The quantitative estimate of drug-likeness (QED) is 0.196. The summed E-state index contributed by atoms with van der Waals surface area (Å²) in [6.45, 7) is 10.2. The molecule has 15 heteroatoms. The smallest absolute Gasteiger partial charge is 0.328 e. The van der Waals surface area contributed by atoms with Crippen molar-refractivity contribution in [3.8, 4) is 17.0 Å². The van der Waals surface area contributed by atoms with Crippen LogP contribution in [0.3, 0.4) is 0 Å². The number of anilines is 5. The summed E-state index contributed by atoms with van der Waals surface area (Å²) in [6.07, 6.45) is 3.83. The molecule has 4 amide bonds. The number of halogens is 1. The van der Waals surface area contributed by atoms with Gasteiger partial charge in [0, 0.05) is 105 Å². The van der Waals surface area contributed by atoms with E-state index in [1.165, 1.54) is 6.07 Å². The number of hydrogen-bond acceptors (Lipinski definition) is 11. The van der Waals surface area contributed by atoms with Crippen molar-refractivity contribution in [1.82, 2.24) is 30.1 Å². The Balaban J connectivity index is 0.770. The van der Waals surface area contributed by atoms with Gasteiger partial charge in [-0.25, -0.2) is 24.1 Å². The van der Waals surface area contributed by atoms with E-state index in [0.717, 1.165) is 82.9 Å². The molecule has 0 bridgehead atoms. The van der Waals surface area contributed by atoms with Gasteiger partial charge in [-0.3, -0.25) is 24.7 Å². The molecule has 14 nitrogen and oxygen atoms in total. The van der Waals surface area contributed by atoms with Crippen molar-refractivity contribution in [3.05, 3.63) is 89.5 Å². The first-order valence-electron chi connectivity index (χ1n) is 19.3. The first-order valence-corrected chi connectivity index (χ1v) is 19.3. The van der Waals surface area contributed by atoms with Crippen LogP contribution in [0.1, 0.15) is 23.1 Å². The topological polar surface area (TPSA) is 148 Å². The number of hydrogen-bond donors (Lipinski definition) is 3. The Morgan fingerprint density at radius 1 is 0.965 bits per heavy atom. The van der Waals surface area contributed by atoms with E-state index in [9.17, 15) is 14.4 Å². The molecule has 57 heavy (non-hydrogen) atoms. The maximum Gasteiger partial charge on any atom is 0.328 e. The Morgan fingerprint density at radius 2 is 1.81 bits per heavy atom.